The van der Waals surface area contributed by atoms with Crippen molar-refractivity contribution in [2.75, 3.05) is 5.32 Å². The van der Waals surface area contributed by atoms with Gasteiger partial charge in [-0.2, -0.15) is 0 Å². The quantitative estimate of drug-likeness (QED) is 0.835. The van der Waals surface area contributed by atoms with E-state index in [0.29, 0.717) is 11.4 Å². The maximum absolute atomic E-state index is 11.8. The van der Waals surface area contributed by atoms with Crippen LogP contribution in [0, 0.1) is 0 Å². The van der Waals surface area contributed by atoms with Crippen LogP contribution in [0.4, 0.5) is 5.69 Å². The monoisotopic (exact) mass is 265 g/mol. The first-order valence-electron chi connectivity index (χ1n) is 5.40. The van der Waals surface area contributed by atoms with Gasteiger partial charge in [0.2, 0.25) is 0 Å². The van der Waals surface area contributed by atoms with Crippen molar-refractivity contribution in [1.82, 2.24) is 0 Å². The van der Waals surface area contributed by atoms with E-state index in [4.69, 9.17) is 16.0 Å². The summed E-state index contributed by atoms with van der Waals surface area (Å²) < 4.78 is 5.30. The third kappa shape index (κ3) is 2.84. The first kappa shape index (κ1) is 12.5. The topological polar surface area (TPSA) is 62.5 Å². The van der Waals surface area contributed by atoms with Crippen molar-refractivity contribution in [2.45, 2.75) is 12.3 Å². The molecule has 0 saturated carbocycles. The molecular weight excluding hydrogens is 254 g/mol. The SMILES string of the molecule is CC(Cl)c1ccc(C(=O)Nc2cccc(O)c2)o1. The molecule has 0 saturated heterocycles. The van der Waals surface area contributed by atoms with Gasteiger partial charge in [-0.1, -0.05) is 6.07 Å². The number of phenolic OH excluding ortho intramolecular Hbond substituents is 1. The van der Waals surface area contributed by atoms with Gasteiger partial charge in [-0.15, -0.1) is 11.6 Å². The predicted octanol–water partition coefficient (Wildman–Crippen LogP) is 3.54. The van der Waals surface area contributed by atoms with E-state index in [1.54, 1.807) is 31.2 Å². The highest BCUT2D eigenvalue weighted by Gasteiger charge is 2.13. The van der Waals surface area contributed by atoms with Crippen molar-refractivity contribution in [3.63, 3.8) is 0 Å². The number of carbonyl (C=O) groups is 1. The van der Waals surface area contributed by atoms with Gasteiger partial charge in [0.15, 0.2) is 5.76 Å². The number of anilines is 1. The second kappa shape index (κ2) is 5.14. The molecule has 2 aromatic rings. The lowest BCUT2D eigenvalue weighted by atomic mass is 10.3. The zero-order chi connectivity index (χ0) is 13.1. The number of furan rings is 1. The van der Waals surface area contributed by atoms with Crippen LogP contribution in [0.3, 0.4) is 0 Å². The van der Waals surface area contributed by atoms with E-state index in [1.807, 2.05) is 0 Å². The molecule has 0 fully saturated rings. The number of nitrogens with one attached hydrogen (secondary N) is 1. The Kier molecular flexibility index (Phi) is 3.58. The van der Waals surface area contributed by atoms with Crippen LogP contribution in [0.25, 0.3) is 0 Å². The summed E-state index contributed by atoms with van der Waals surface area (Å²) in [6.45, 7) is 1.76. The highest BCUT2D eigenvalue weighted by molar-refractivity contribution is 6.20. The Morgan fingerprint density at radius 2 is 2.17 bits per heavy atom. The molecule has 1 unspecified atom stereocenters. The molecule has 2 rings (SSSR count). The van der Waals surface area contributed by atoms with Crippen molar-refractivity contribution in [1.29, 1.82) is 0 Å². The molecule has 0 radical (unpaired) electrons. The van der Waals surface area contributed by atoms with E-state index in [0.717, 1.165) is 0 Å². The fourth-order valence-corrected chi connectivity index (χ4v) is 1.58. The number of benzene rings is 1. The molecule has 0 bridgehead atoms. The average Bonchev–Trinajstić information content (AvgIpc) is 2.78. The summed E-state index contributed by atoms with van der Waals surface area (Å²) >= 11 is 5.84. The zero-order valence-electron chi connectivity index (χ0n) is 9.68. The molecule has 2 N–H and O–H groups in total. The van der Waals surface area contributed by atoms with Crippen molar-refractivity contribution >= 4 is 23.2 Å². The molecule has 1 aromatic heterocycles. The molecule has 94 valence electrons. The van der Waals surface area contributed by atoms with Gasteiger partial charge in [0, 0.05) is 11.8 Å². The molecule has 4 nitrogen and oxygen atoms in total. The largest absolute Gasteiger partial charge is 0.508 e. The number of phenols is 1. The van der Waals surface area contributed by atoms with Crippen LogP contribution in [-0.4, -0.2) is 11.0 Å². The molecule has 5 heteroatoms. The molecule has 0 aliphatic carbocycles. The van der Waals surface area contributed by atoms with Crippen molar-refractivity contribution in [3.05, 3.63) is 47.9 Å². The second-order valence-corrected chi connectivity index (χ2v) is 4.48. The number of alkyl halides is 1. The van der Waals surface area contributed by atoms with Crippen LogP contribution in [0.1, 0.15) is 28.6 Å². The Labute approximate surface area is 109 Å². The van der Waals surface area contributed by atoms with E-state index in [2.05, 4.69) is 5.32 Å². The molecule has 0 aliphatic heterocycles. The zero-order valence-corrected chi connectivity index (χ0v) is 10.4. The van der Waals surface area contributed by atoms with Crippen LogP contribution in [-0.2, 0) is 0 Å². The van der Waals surface area contributed by atoms with Crippen LogP contribution < -0.4 is 5.32 Å². The Morgan fingerprint density at radius 3 is 2.78 bits per heavy atom. The standard InChI is InChI=1S/C13H12ClNO3/c1-8(14)11-5-6-12(18-11)13(17)15-9-3-2-4-10(16)7-9/h2-8,16H,1H3,(H,15,17). The number of carbonyl (C=O) groups excluding carboxylic acids is 1. The molecule has 1 atom stereocenters. The van der Waals surface area contributed by atoms with Crippen LogP contribution in [0.15, 0.2) is 40.8 Å². The number of halogens is 1. The van der Waals surface area contributed by atoms with Crippen molar-refractivity contribution in [3.8, 4) is 5.75 Å². The predicted molar refractivity (Wildman–Crippen MR) is 69.0 cm³/mol. The van der Waals surface area contributed by atoms with E-state index in [9.17, 15) is 9.90 Å². The fourth-order valence-electron chi connectivity index (χ4n) is 1.47. The minimum Gasteiger partial charge on any atom is -0.508 e. The Bertz CT molecular complexity index is 563. The first-order chi connectivity index (χ1) is 8.56. The lowest BCUT2D eigenvalue weighted by Crippen LogP contribution is -2.10. The third-order valence-electron chi connectivity index (χ3n) is 2.35. The second-order valence-electron chi connectivity index (χ2n) is 3.82. The summed E-state index contributed by atoms with van der Waals surface area (Å²) in [6.07, 6.45) is 0. The highest BCUT2D eigenvalue weighted by atomic mass is 35.5. The van der Waals surface area contributed by atoms with Crippen LogP contribution >= 0.6 is 11.6 Å². The van der Waals surface area contributed by atoms with Crippen molar-refractivity contribution in [2.24, 2.45) is 0 Å². The number of hydrogen-bond donors (Lipinski definition) is 2. The summed E-state index contributed by atoms with van der Waals surface area (Å²) in [5, 5.41) is 11.6. The van der Waals surface area contributed by atoms with Crippen LogP contribution in [0.2, 0.25) is 0 Å². The summed E-state index contributed by atoms with van der Waals surface area (Å²) in [7, 11) is 0. The maximum atomic E-state index is 11.8. The molecule has 18 heavy (non-hydrogen) atoms. The Balaban J connectivity index is 2.12. The first-order valence-corrected chi connectivity index (χ1v) is 5.84. The van der Waals surface area contributed by atoms with Crippen LogP contribution in [0.5, 0.6) is 5.75 Å². The number of aromatic hydroxyl groups is 1. The fraction of sp³-hybridized carbons (Fsp3) is 0.154. The van der Waals surface area contributed by atoms with E-state index < -0.39 is 0 Å². The Hall–Kier alpha value is -1.94. The summed E-state index contributed by atoms with van der Waals surface area (Å²) in [6, 6.07) is 9.51. The molecule has 1 heterocycles. The molecule has 1 amide bonds. The van der Waals surface area contributed by atoms with Gasteiger partial charge in [0.1, 0.15) is 11.5 Å². The van der Waals surface area contributed by atoms with Gasteiger partial charge in [-0.05, 0) is 31.2 Å². The normalized spacial score (nSPS) is 12.1. The van der Waals surface area contributed by atoms with Gasteiger partial charge in [0.25, 0.3) is 5.91 Å². The van der Waals surface area contributed by atoms with Gasteiger partial charge >= 0.3 is 0 Å². The third-order valence-corrected chi connectivity index (χ3v) is 2.56. The minimum atomic E-state index is -0.385. The smallest absolute Gasteiger partial charge is 0.291 e. The van der Waals surface area contributed by atoms with E-state index >= 15 is 0 Å². The minimum absolute atomic E-state index is 0.0855. The van der Waals surface area contributed by atoms with Gasteiger partial charge < -0.3 is 14.8 Å². The summed E-state index contributed by atoms with van der Waals surface area (Å²) in [5.74, 6) is 0.421. The number of hydrogen-bond acceptors (Lipinski definition) is 3. The van der Waals surface area contributed by atoms with E-state index in [1.165, 1.54) is 12.1 Å². The summed E-state index contributed by atoms with van der Waals surface area (Å²) in [4.78, 5) is 11.8. The highest BCUT2D eigenvalue weighted by Crippen LogP contribution is 2.22. The maximum Gasteiger partial charge on any atom is 0.291 e. The number of amides is 1. The molecule has 1 aromatic carbocycles. The average molecular weight is 266 g/mol. The molecule has 0 aliphatic rings. The Morgan fingerprint density at radius 1 is 1.39 bits per heavy atom. The molecular formula is C13H12ClNO3. The van der Waals surface area contributed by atoms with Gasteiger partial charge in [-0.25, -0.2) is 0 Å². The van der Waals surface area contributed by atoms with Gasteiger partial charge in [0.05, 0.1) is 5.38 Å². The summed E-state index contributed by atoms with van der Waals surface area (Å²) in [5.41, 5.74) is 0.497. The van der Waals surface area contributed by atoms with Crippen molar-refractivity contribution < 1.29 is 14.3 Å². The van der Waals surface area contributed by atoms with Gasteiger partial charge in [-0.3, -0.25) is 4.79 Å². The lowest BCUT2D eigenvalue weighted by Gasteiger charge is -2.03. The van der Waals surface area contributed by atoms with E-state index in [-0.39, 0.29) is 22.8 Å². The molecule has 0 spiro atoms. The lowest BCUT2D eigenvalue weighted by molar-refractivity contribution is 0.0995. The number of rotatable bonds is 3.